The molecule has 0 saturated carbocycles. The molecule has 0 spiro atoms. The second kappa shape index (κ2) is 5.20. The van der Waals surface area contributed by atoms with E-state index in [4.69, 9.17) is 5.73 Å². The van der Waals surface area contributed by atoms with Gasteiger partial charge in [0.2, 0.25) is 0 Å². The van der Waals surface area contributed by atoms with Gasteiger partial charge in [0.15, 0.2) is 0 Å². The lowest BCUT2D eigenvalue weighted by molar-refractivity contribution is -0.116. The second-order valence-electron chi connectivity index (χ2n) is 4.62. The molecule has 1 aliphatic heterocycles. The monoisotopic (exact) mass is 279 g/mol. The third-order valence-corrected chi connectivity index (χ3v) is 3.29. The van der Waals surface area contributed by atoms with E-state index in [2.05, 4.69) is 4.99 Å². The van der Waals surface area contributed by atoms with Crippen molar-refractivity contribution in [1.82, 2.24) is 0 Å². The number of primary amides is 1. The van der Waals surface area contributed by atoms with Crippen LogP contribution in [0.3, 0.4) is 0 Å². The van der Waals surface area contributed by atoms with Gasteiger partial charge in [0.05, 0.1) is 11.4 Å². The molecule has 104 valence electrons. The van der Waals surface area contributed by atoms with Crippen LogP contribution in [0, 0.1) is 0 Å². The van der Waals surface area contributed by atoms with Crippen LogP contribution in [0.25, 0.3) is 0 Å². The number of para-hydroxylation sites is 1. The number of fused-ring (bicyclic) bond motifs is 1. The van der Waals surface area contributed by atoms with E-state index in [0.29, 0.717) is 17.0 Å². The van der Waals surface area contributed by atoms with E-state index in [1.54, 1.807) is 12.1 Å². The quantitative estimate of drug-likeness (QED) is 0.866. The Morgan fingerprint density at radius 2 is 1.71 bits per heavy atom. The smallest absolute Gasteiger partial charge is 0.326 e. The lowest BCUT2D eigenvalue weighted by atomic mass is 10.0. The molecule has 0 fully saturated rings. The van der Waals surface area contributed by atoms with Gasteiger partial charge >= 0.3 is 6.03 Å². The Bertz CT molecular complexity index is 738. The Labute approximate surface area is 121 Å². The van der Waals surface area contributed by atoms with E-state index in [9.17, 15) is 9.59 Å². The van der Waals surface area contributed by atoms with Crippen LogP contribution in [-0.4, -0.2) is 24.2 Å². The van der Waals surface area contributed by atoms with Crippen LogP contribution < -0.4 is 10.6 Å². The van der Waals surface area contributed by atoms with Crippen LogP contribution in [0.15, 0.2) is 59.6 Å². The first-order valence-corrected chi connectivity index (χ1v) is 6.50. The third-order valence-electron chi connectivity index (χ3n) is 3.29. The van der Waals surface area contributed by atoms with Crippen molar-refractivity contribution in [3.63, 3.8) is 0 Å². The number of amides is 3. The maximum absolute atomic E-state index is 12.1. The van der Waals surface area contributed by atoms with Crippen LogP contribution >= 0.6 is 0 Å². The predicted octanol–water partition coefficient (Wildman–Crippen LogP) is 1.95. The molecule has 0 aliphatic carbocycles. The number of anilines is 1. The molecule has 5 nitrogen and oxygen atoms in total. The zero-order valence-corrected chi connectivity index (χ0v) is 11.2. The van der Waals surface area contributed by atoms with E-state index < -0.39 is 11.9 Å². The zero-order valence-electron chi connectivity index (χ0n) is 11.2. The Morgan fingerprint density at radius 3 is 2.43 bits per heavy atom. The van der Waals surface area contributed by atoms with Gasteiger partial charge < -0.3 is 5.73 Å². The summed E-state index contributed by atoms with van der Waals surface area (Å²) in [5, 5.41) is 0. The molecule has 3 amide bonds. The molecule has 3 rings (SSSR count). The Hall–Kier alpha value is -2.95. The maximum Gasteiger partial charge on any atom is 0.326 e. The van der Waals surface area contributed by atoms with Crippen molar-refractivity contribution in [3.8, 4) is 0 Å². The number of carbonyl (C=O) groups is 2. The lowest BCUT2D eigenvalue weighted by Crippen LogP contribution is -2.42. The van der Waals surface area contributed by atoms with Crippen molar-refractivity contribution >= 4 is 23.3 Å². The summed E-state index contributed by atoms with van der Waals surface area (Å²) in [5.74, 6) is -0.430. The summed E-state index contributed by atoms with van der Waals surface area (Å²) in [6, 6.07) is 15.9. The molecule has 0 aromatic heterocycles. The van der Waals surface area contributed by atoms with E-state index in [1.165, 1.54) is 0 Å². The molecule has 2 aromatic carbocycles. The summed E-state index contributed by atoms with van der Waals surface area (Å²) in [6.45, 7) is -0.109. The van der Waals surface area contributed by atoms with Gasteiger partial charge in [-0.05, 0) is 6.07 Å². The number of rotatable bonds is 1. The van der Waals surface area contributed by atoms with Gasteiger partial charge in [0.1, 0.15) is 6.54 Å². The number of nitrogens with zero attached hydrogens (tertiary/aromatic N) is 2. The normalized spacial score (nSPS) is 14.2. The number of aliphatic imine (C=N–C) groups is 1. The minimum atomic E-state index is -0.794. The zero-order chi connectivity index (χ0) is 14.8. The highest BCUT2D eigenvalue weighted by Crippen LogP contribution is 2.26. The predicted molar refractivity (Wildman–Crippen MR) is 80.5 cm³/mol. The standard InChI is InChI=1S/C16H13N3O2/c17-16(21)19-13-9-5-4-8-12(13)15(18-10-14(19)20)11-6-2-1-3-7-11/h1-9H,10H2,(H2,17,21). The van der Waals surface area contributed by atoms with Crippen molar-refractivity contribution in [2.24, 2.45) is 10.7 Å². The molecule has 2 N–H and O–H groups in total. The molecule has 0 radical (unpaired) electrons. The molecule has 2 aromatic rings. The summed E-state index contributed by atoms with van der Waals surface area (Å²) in [7, 11) is 0. The van der Waals surface area contributed by atoms with Gasteiger partial charge in [-0.1, -0.05) is 48.5 Å². The Kier molecular flexibility index (Phi) is 3.23. The number of nitrogens with two attached hydrogens (primary N) is 1. The summed E-state index contributed by atoms with van der Waals surface area (Å²) in [6.07, 6.45) is 0. The number of urea groups is 1. The number of carbonyl (C=O) groups excluding carboxylic acids is 2. The minimum absolute atomic E-state index is 0.109. The average molecular weight is 279 g/mol. The van der Waals surface area contributed by atoms with Gasteiger partial charge in [-0.3, -0.25) is 9.79 Å². The number of benzodiazepines with no additional fused rings is 1. The van der Waals surface area contributed by atoms with E-state index in [0.717, 1.165) is 10.5 Å². The lowest BCUT2D eigenvalue weighted by Gasteiger charge is -2.18. The molecular formula is C16H13N3O2. The molecule has 1 aliphatic rings. The van der Waals surface area contributed by atoms with E-state index >= 15 is 0 Å². The summed E-state index contributed by atoms with van der Waals surface area (Å²) < 4.78 is 0. The molecule has 5 heteroatoms. The van der Waals surface area contributed by atoms with Crippen molar-refractivity contribution in [3.05, 3.63) is 65.7 Å². The first kappa shape index (κ1) is 13.1. The maximum atomic E-state index is 12.1. The molecule has 1 heterocycles. The molecular weight excluding hydrogens is 266 g/mol. The first-order valence-electron chi connectivity index (χ1n) is 6.50. The van der Waals surface area contributed by atoms with E-state index in [1.807, 2.05) is 42.5 Å². The fourth-order valence-corrected chi connectivity index (χ4v) is 2.39. The highest BCUT2D eigenvalue weighted by Gasteiger charge is 2.27. The van der Waals surface area contributed by atoms with Gasteiger partial charge in [-0.2, -0.15) is 0 Å². The number of hydrogen-bond donors (Lipinski definition) is 1. The van der Waals surface area contributed by atoms with Gasteiger partial charge in [0.25, 0.3) is 5.91 Å². The fraction of sp³-hybridized carbons (Fsp3) is 0.0625. The summed E-state index contributed by atoms with van der Waals surface area (Å²) >= 11 is 0. The molecule has 0 atom stereocenters. The molecule has 21 heavy (non-hydrogen) atoms. The largest absolute Gasteiger partial charge is 0.351 e. The number of benzene rings is 2. The van der Waals surface area contributed by atoms with Gasteiger partial charge in [0, 0.05) is 11.1 Å². The Balaban J connectivity index is 2.21. The average Bonchev–Trinajstić information content (AvgIpc) is 2.64. The Morgan fingerprint density at radius 1 is 1.05 bits per heavy atom. The molecule has 0 saturated heterocycles. The highest BCUT2D eigenvalue weighted by atomic mass is 16.2. The van der Waals surface area contributed by atoms with Crippen LogP contribution in [0.1, 0.15) is 11.1 Å². The van der Waals surface area contributed by atoms with Gasteiger partial charge in [-0.25, -0.2) is 9.69 Å². The summed E-state index contributed by atoms with van der Waals surface area (Å²) in [5.41, 5.74) is 8.10. The van der Waals surface area contributed by atoms with Crippen molar-refractivity contribution < 1.29 is 9.59 Å². The van der Waals surface area contributed by atoms with Crippen molar-refractivity contribution in [2.45, 2.75) is 0 Å². The van der Waals surface area contributed by atoms with Crippen LogP contribution in [0.5, 0.6) is 0 Å². The first-order chi connectivity index (χ1) is 10.2. The summed E-state index contributed by atoms with van der Waals surface area (Å²) in [4.78, 5) is 29.1. The van der Waals surface area contributed by atoms with Crippen molar-refractivity contribution in [2.75, 3.05) is 11.4 Å². The van der Waals surface area contributed by atoms with E-state index in [-0.39, 0.29) is 6.54 Å². The van der Waals surface area contributed by atoms with Crippen LogP contribution in [-0.2, 0) is 4.79 Å². The number of imide groups is 1. The second-order valence-corrected chi connectivity index (χ2v) is 4.62. The molecule has 0 bridgehead atoms. The third kappa shape index (κ3) is 2.29. The van der Waals surface area contributed by atoms with Gasteiger partial charge in [-0.15, -0.1) is 0 Å². The van der Waals surface area contributed by atoms with Crippen molar-refractivity contribution in [1.29, 1.82) is 0 Å². The minimum Gasteiger partial charge on any atom is -0.351 e. The van der Waals surface area contributed by atoms with Crippen LogP contribution in [0.4, 0.5) is 10.5 Å². The van der Waals surface area contributed by atoms with Crippen LogP contribution in [0.2, 0.25) is 0 Å². The SMILES string of the molecule is NC(=O)N1C(=O)CN=C(c2ccccc2)c2ccccc21. The number of hydrogen-bond acceptors (Lipinski definition) is 3. The highest BCUT2D eigenvalue weighted by molar-refractivity contribution is 6.24. The fourth-order valence-electron chi connectivity index (χ4n) is 2.39. The topological polar surface area (TPSA) is 75.8 Å². The molecule has 0 unspecified atom stereocenters.